The maximum atomic E-state index is 10.7. The van der Waals surface area contributed by atoms with Gasteiger partial charge < -0.3 is 5.73 Å². The number of rotatable bonds is 25. The second-order valence-electron chi connectivity index (χ2n) is 9.43. The lowest BCUT2D eigenvalue weighted by atomic mass is 9.96. The molecule has 0 aromatic heterocycles. The molecule has 0 bridgehead atoms. The van der Waals surface area contributed by atoms with E-state index in [1.807, 2.05) is 0 Å². The molecule has 180 valence electrons. The summed E-state index contributed by atoms with van der Waals surface area (Å²) in [5, 5.41) is 2.94. The number of nitrogens with zero attached hydrogens (tertiary/aromatic N) is 1. The number of nitroso groups, excluding NO2 is 1. The third-order valence-electron chi connectivity index (χ3n) is 6.50. The lowest BCUT2D eigenvalue weighted by molar-refractivity contribution is 0.371. The van der Waals surface area contributed by atoms with Crippen molar-refractivity contribution < 1.29 is 0 Å². The zero-order valence-corrected chi connectivity index (χ0v) is 20.6. The molecule has 2 atom stereocenters. The topological polar surface area (TPSA) is 67.5 Å². The molecule has 0 spiro atoms. The summed E-state index contributed by atoms with van der Waals surface area (Å²) in [7, 11) is 0. The summed E-state index contributed by atoms with van der Waals surface area (Å²) in [5.41, 5.74) is 9.12. The zero-order chi connectivity index (χ0) is 22.1. The molecular formula is C26H55N3O. The van der Waals surface area contributed by atoms with Crippen LogP contribution >= 0.6 is 0 Å². The van der Waals surface area contributed by atoms with Crippen LogP contribution in [0.3, 0.4) is 0 Å². The normalized spacial score (nSPS) is 13.3. The number of nitrogens with two attached hydrogens (primary N) is 1. The average Bonchev–Trinajstić information content (AvgIpc) is 2.75. The van der Waals surface area contributed by atoms with Crippen LogP contribution in [0.4, 0.5) is 0 Å². The first kappa shape index (κ1) is 29.4. The molecule has 0 saturated heterocycles. The van der Waals surface area contributed by atoms with E-state index >= 15 is 0 Å². The minimum Gasteiger partial charge on any atom is -0.326 e. The van der Waals surface area contributed by atoms with E-state index in [0.717, 1.165) is 19.3 Å². The van der Waals surface area contributed by atoms with Gasteiger partial charge in [0.15, 0.2) is 0 Å². The van der Waals surface area contributed by atoms with Crippen LogP contribution in [0.25, 0.3) is 0 Å². The fraction of sp³-hybridized carbons (Fsp3) is 1.00. The minimum atomic E-state index is 0.0510. The van der Waals surface area contributed by atoms with E-state index in [9.17, 15) is 4.91 Å². The fourth-order valence-electron chi connectivity index (χ4n) is 4.36. The molecular weight excluding hydrogens is 370 g/mol. The maximum Gasteiger partial charge on any atom is 0.0623 e. The van der Waals surface area contributed by atoms with Gasteiger partial charge in [0.1, 0.15) is 0 Å². The van der Waals surface area contributed by atoms with Gasteiger partial charge in [-0.1, -0.05) is 142 Å². The SMILES string of the molecule is CCCCCCCCCCCCC(N)C(CCCCCCCCCCCC)NN=O. The van der Waals surface area contributed by atoms with Gasteiger partial charge in [0, 0.05) is 11.3 Å². The standard InChI is InChI=1S/C26H55N3O/c1-3-5-7-9-11-13-15-17-19-21-23-25(27)26(28-29-30)24-22-20-18-16-14-12-10-8-6-4-2/h25-26H,3-24,27H2,1-2H3,(H,28,30). The maximum absolute atomic E-state index is 10.7. The van der Waals surface area contributed by atoms with Crippen molar-refractivity contribution >= 4 is 0 Å². The molecule has 4 nitrogen and oxygen atoms in total. The van der Waals surface area contributed by atoms with Gasteiger partial charge in [-0.2, -0.15) is 0 Å². The van der Waals surface area contributed by atoms with Crippen LogP contribution in [-0.4, -0.2) is 12.1 Å². The van der Waals surface area contributed by atoms with Crippen molar-refractivity contribution in [2.75, 3.05) is 0 Å². The second kappa shape index (κ2) is 24.6. The largest absolute Gasteiger partial charge is 0.326 e. The lowest BCUT2D eigenvalue weighted by Gasteiger charge is -2.22. The van der Waals surface area contributed by atoms with Crippen molar-refractivity contribution in [3.05, 3.63) is 4.91 Å². The highest BCUT2D eigenvalue weighted by Gasteiger charge is 2.17. The Morgan fingerprint density at radius 3 is 1.27 bits per heavy atom. The molecule has 30 heavy (non-hydrogen) atoms. The van der Waals surface area contributed by atoms with Crippen LogP contribution in [-0.2, 0) is 0 Å². The third-order valence-corrected chi connectivity index (χ3v) is 6.50. The molecule has 0 amide bonds. The predicted molar refractivity (Wildman–Crippen MR) is 134 cm³/mol. The van der Waals surface area contributed by atoms with Crippen LogP contribution in [0, 0.1) is 4.91 Å². The van der Waals surface area contributed by atoms with Crippen molar-refractivity contribution in [1.82, 2.24) is 5.43 Å². The minimum absolute atomic E-state index is 0.0510. The predicted octanol–water partition coefficient (Wildman–Crippen LogP) is 8.58. The number of hydrogen-bond donors (Lipinski definition) is 2. The van der Waals surface area contributed by atoms with Gasteiger partial charge in [0.25, 0.3) is 0 Å². The number of nitrogens with one attached hydrogen (secondary N) is 1. The summed E-state index contributed by atoms with van der Waals surface area (Å²) in [6, 6.07) is 0.102. The molecule has 0 aliphatic rings. The van der Waals surface area contributed by atoms with E-state index in [4.69, 9.17) is 5.73 Å². The van der Waals surface area contributed by atoms with E-state index in [1.165, 1.54) is 122 Å². The summed E-state index contributed by atoms with van der Waals surface area (Å²) in [6.07, 6.45) is 28.7. The van der Waals surface area contributed by atoms with Gasteiger partial charge in [-0.25, -0.2) is 0 Å². The number of unbranched alkanes of at least 4 members (excludes halogenated alkanes) is 18. The van der Waals surface area contributed by atoms with Gasteiger partial charge >= 0.3 is 0 Å². The van der Waals surface area contributed by atoms with Crippen molar-refractivity contribution in [1.29, 1.82) is 0 Å². The number of hydrogen-bond acceptors (Lipinski definition) is 3. The van der Waals surface area contributed by atoms with Gasteiger partial charge in [0.2, 0.25) is 0 Å². The van der Waals surface area contributed by atoms with E-state index in [-0.39, 0.29) is 12.1 Å². The third kappa shape index (κ3) is 20.6. The van der Waals surface area contributed by atoms with E-state index in [0.29, 0.717) is 0 Å². The lowest BCUT2D eigenvalue weighted by Crippen LogP contribution is -2.42. The Labute approximate surface area is 188 Å². The average molecular weight is 426 g/mol. The van der Waals surface area contributed by atoms with E-state index < -0.39 is 0 Å². The van der Waals surface area contributed by atoms with Crippen LogP contribution in [0.1, 0.15) is 155 Å². The fourth-order valence-corrected chi connectivity index (χ4v) is 4.36. The first-order valence-corrected chi connectivity index (χ1v) is 13.6. The first-order chi connectivity index (χ1) is 14.8. The monoisotopic (exact) mass is 425 g/mol. The van der Waals surface area contributed by atoms with Gasteiger partial charge in [0.05, 0.1) is 6.04 Å². The van der Waals surface area contributed by atoms with E-state index in [2.05, 4.69) is 24.6 Å². The highest BCUT2D eigenvalue weighted by atomic mass is 16.3. The molecule has 0 aromatic carbocycles. The molecule has 3 N–H and O–H groups in total. The summed E-state index contributed by atoms with van der Waals surface area (Å²) >= 11 is 0. The molecule has 0 rings (SSSR count). The van der Waals surface area contributed by atoms with Crippen LogP contribution < -0.4 is 11.2 Å². The molecule has 0 aliphatic heterocycles. The van der Waals surface area contributed by atoms with Crippen LogP contribution in [0.15, 0.2) is 5.29 Å². The Bertz CT molecular complexity index is 338. The highest BCUT2D eigenvalue weighted by molar-refractivity contribution is 4.78. The Kier molecular flexibility index (Phi) is 24.1. The molecule has 0 radical (unpaired) electrons. The Morgan fingerprint density at radius 2 is 0.900 bits per heavy atom. The summed E-state index contributed by atoms with van der Waals surface area (Å²) < 4.78 is 0. The second-order valence-corrected chi connectivity index (χ2v) is 9.43. The zero-order valence-electron chi connectivity index (χ0n) is 20.6. The Balaban J connectivity index is 3.60. The van der Waals surface area contributed by atoms with Crippen LogP contribution in [0.5, 0.6) is 0 Å². The highest BCUT2D eigenvalue weighted by Crippen LogP contribution is 2.16. The molecule has 0 fully saturated rings. The molecule has 0 saturated carbocycles. The summed E-state index contributed by atoms with van der Waals surface area (Å²) in [5.74, 6) is 0. The molecule has 0 aliphatic carbocycles. The Hall–Kier alpha value is -0.640. The van der Waals surface area contributed by atoms with Crippen molar-refractivity contribution in [3.63, 3.8) is 0 Å². The quantitative estimate of drug-likeness (QED) is 0.0874. The van der Waals surface area contributed by atoms with E-state index in [1.54, 1.807) is 0 Å². The Morgan fingerprint density at radius 1 is 0.567 bits per heavy atom. The smallest absolute Gasteiger partial charge is 0.0623 e. The van der Waals surface area contributed by atoms with Crippen molar-refractivity contribution in [3.8, 4) is 0 Å². The van der Waals surface area contributed by atoms with Gasteiger partial charge in [-0.3, -0.25) is 5.43 Å². The molecule has 2 unspecified atom stereocenters. The van der Waals surface area contributed by atoms with Gasteiger partial charge in [-0.05, 0) is 12.8 Å². The summed E-state index contributed by atoms with van der Waals surface area (Å²) in [6.45, 7) is 4.54. The molecule has 4 heteroatoms. The molecule has 0 heterocycles. The van der Waals surface area contributed by atoms with Crippen molar-refractivity contribution in [2.45, 2.75) is 167 Å². The van der Waals surface area contributed by atoms with Crippen LogP contribution in [0.2, 0.25) is 0 Å². The molecule has 0 aromatic rings. The van der Waals surface area contributed by atoms with Gasteiger partial charge in [-0.15, -0.1) is 4.91 Å². The van der Waals surface area contributed by atoms with Crippen molar-refractivity contribution in [2.24, 2.45) is 11.0 Å². The summed E-state index contributed by atoms with van der Waals surface area (Å²) in [4.78, 5) is 10.7. The first-order valence-electron chi connectivity index (χ1n) is 13.6.